The standard InChI is InChI=1S/C14H14F2O/c1-9-3-5-10(6-4-9)11-7-8-12(17-2)14(16)13(11)15/h3-6H,7-8H2,1-2H3. The highest BCUT2D eigenvalue weighted by Gasteiger charge is 2.23. The summed E-state index contributed by atoms with van der Waals surface area (Å²) in [5.41, 5.74) is 2.25. The van der Waals surface area contributed by atoms with Gasteiger partial charge in [-0.3, -0.25) is 0 Å². The van der Waals surface area contributed by atoms with Gasteiger partial charge in [0.05, 0.1) is 7.11 Å². The van der Waals surface area contributed by atoms with Crippen LogP contribution in [0.3, 0.4) is 0 Å². The smallest absolute Gasteiger partial charge is 0.196 e. The van der Waals surface area contributed by atoms with Crippen LogP contribution < -0.4 is 0 Å². The summed E-state index contributed by atoms with van der Waals surface area (Å²) < 4.78 is 32.2. The molecule has 0 fully saturated rings. The van der Waals surface area contributed by atoms with Gasteiger partial charge in [0.25, 0.3) is 0 Å². The first kappa shape index (κ1) is 11.8. The summed E-state index contributed by atoms with van der Waals surface area (Å²) in [6.45, 7) is 1.96. The first-order valence-electron chi connectivity index (χ1n) is 5.52. The highest BCUT2D eigenvalue weighted by molar-refractivity contribution is 5.72. The van der Waals surface area contributed by atoms with Crippen molar-refractivity contribution in [3.05, 3.63) is 52.8 Å². The lowest BCUT2D eigenvalue weighted by molar-refractivity contribution is 0.257. The van der Waals surface area contributed by atoms with Gasteiger partial charge in [-0.25, -0.2) is 8.78 Å². The highest BCUT2D eigenvalue weighted by atomic mass is 19.2. The van der Waals surface area contributed by atoms with Crippen LogP contribution in [0.1, 0.15) is 24.0 Å². The fraction of sp³-hybridized carbons (Fsp3) is 0.286. The van der Waals surface area contributed by atoms with E-state index in [1.54, 1.807) is 0 Å². The molecule has 0 amide bonds. The normalized spacial score (nSPS) is 16.5. The maximum absolute atomic E-state index is 13.8. The van der Waals surface area contributed by atoms with Gasteiger partial charge in [-0.15, -0.1) is 0 Å². The molecule has 1 aromatic carbocycles. The summed E-state index contributed by atoms with van der Waals surface area (Å²) in [6, 6.07) is 7.41. The molecule has 17 heavy (non-hydrogen) atoms. The van der Waals surface area contributed by atoms with E-state index in [4.69, 9.17) is 4.74 Å². The fourth-order valence-corrected chi connectivity index (χ4v) is 1.93. The lowest BCUT2D eigenvalue weighted by atomic mass is 9.94. The molecule has 0 bridgehead atoms. The molecule has 3 heteroatoms. The Bertz CT molecular complexity index is 483. The first-order valence-corrected chi connectivity index (χ1v) is 5.52. The van der Waals surface area contributed by atoms with Crippen LogP contribution >= 0.6 is 0 Å². The Kier molecular flexibility index (Phi) is 3.27. The van der Waals surface area contributed by atoms with Gasteiger partial charge in [-0.1, -0.05) is 29.8 Å². The van der Waals surface area contributed by atoms with Crippen LogP contribution in [0.25, 0.3) is 5.57 Å². The average Bonchev–Trinajstić information content (AvgIpc) is 2.34. The van der Waals surface area contributed by atoms with Crippen molar-refractivity contribution in [3.63, 3.8) is 0 Å². The molecule has 0 heterocycles. The molecule has 0 unspecified atom stereocenters. The van der Waals surface area contributed by atoms with Gasteiger partial charge in [0.1, 0.15) is 5.76 Å². The van der Waals surface area contributed by atoms with Gasteiger partial charge < -0.3 is 4.74 Å². The number of hydrogen-bond acceptors (Lipinski definition) is 1. The minimum atomic E-state index is -0.866. The van der Waals surface area contributed by atoms with Crippen LogP contribution in [-0.2, 0) is 4.74 Å². The number of benzene rings is 1. The zero-order valence-corrected chi connectivity index (χ0v) is 9.89. The molecule has 0 N–H and O–H groups in total. The number of aryl methyl sites for hydroxylation is 1. The molecule has 90 valence electrons. The molecule has 1 aromatic rings. The molecule has 0 saturated heterocycles. The molecule has 0 aromatic heterocycles. The second-order valence-electron chi connectivity index (χ2n) is 4.10. The molecule has 0 aliphatic heterocycles. The second-order valence-corrected chi connectivity index (χ2v) is 4.10. The van der Waals surface area contributed by atoms with E-state index in [2.05, 4.69) is 0 Å². The van der Waals surface area contributed by atoms with E-state index in [-0.39, 0.29) is 5.76 Å². The predicted octanol–water partition coefficient (Wildman–Crippen LogP) is 4.30. The van der Waals surface area contributed by atoms with Gasteiger partial charge in [-0.2, -0.15) is 0 Å². The Morgan fingerprint density at radius 3 is 2.24 bits per heavy atom. The Morgan fingerprint density at radius 1 is 1.00 bits per heavy atom. The number of rotatable bonds is 2. The Labute approximate surface area is 99.4 Å². The van der Waals surface area contributed by atoms with Crippen molar-refractivity contribution in [1.82, 2.24) is 0 Å². The van der Waals surface area contributed by atoms with Crippen molar-refractivity contribution < 1.29 is 13.5 Å². The number of ether oxygens (including phenoxy) is 1. The maximum atomic E-state index is 13.8. The van der Waals surface area contributed by atoms with Crippen LogP contribution in [0, 0.1) is 6.92 Å². The molecule has 1 nitrogen and oxygen atoms in total. The summed E-state index contributed by atoms with van der Waals surface area (Å²) in [5, 5.41) is 0. The molecule has 0 saturated carbocycles. The van der Waals surface area contributed by atoms with E-state index in [0.29, 0.717) is 18.4 Å². The number of allylic oxidation sites excluding steroid dienone is 4. The Morgan fingerprint density at radius 2 is 1.65 bits per heavy atom. The average molecular weight is 236 g/mol. The van der Waals surface area contributed by atoms with Gasteiger partial charge in [0, 0.05) is 6.42 Å². The third kappa shape index (κ3) is 2.23. The molecule has 2 rings (SSSR count). The summed E-state index contributed by atoms with van der Waals surface area (Å²) >= 11 is 0. The summed E-state index contributed by atoms with van der Waals surface area (Å²) in [7, 11) is 1.36. The first-order chi connectivity index (χ1) is 8.13. The molecular formula is C14H14F2O. The Hall–Kier alpha value is -1.64. The SMILES string of the molecule is COC1=C(F)C(F)=C(c2ccc(C)cc2)CC1. The van der Waals surface area contributed by atoms with Crippen molar-refractivity contribution in [2.24, 2.45) is 0 Å². The quantitative estimate of drug-likeness (QED) is 0.744. The molecule has 0 atom stereocenters. The van der Waals surface area contributed by atoms with Gasteiger partial charge >= 0.3 is 0 Å². The zero-order chi connectivity index (χ0) is 12.4. The van der Waals surface area contributed by atoms with E-state index in [9.17, 15) is 8.78 Å². The van der Waals surface area contributed by atoms with Crippen molar-refractivity contribution in [2.75, 3.05) is 7.11 Å². The molecule has 0 radical (unpaired) electrons. The molecule has 0 spiro atoms. The van der Waals surface area contributed by atoms with Gasteiger partial charge in [0.2, 0.25) is 0 Å². The van der Waals surface area contributed by atoms with Crippen LogP contribution in [0.2, 0.25) is 0 Å². The number of halogens is 2. The fourth-order valence-electron chi connectivity index (χ4n) is 1.93. The minimum Gasteiger partial charge on any atom is -0.498 e. The summed E-state index contributed by atoms with van der Waals surface area (Å²) in [5.74, 6) is -1.57. The van der Waals surface area contributed by atoms with Crippen molar-refractivity contribution in [3.8, 4) is 0 Å². The molecular weight excluding hydrogens is 222 g/mol. The zero-order valence-electron chi connectivity index (χ0n) is 9.89. The lowest BCUT2D eigenvalue weighted by Gasteiger charge is -2.17. The van der Waals surface area contributed by atoms with Gasteiger partial charge in [-0.05, 0) is 24.5 Å². The van der Waals surface area contributed by atoms with E-state index in [0.717, 1.165) is 11.1 Å². The van der Waals surface area contributed by atoms with Crippen molar-refractivity contribution in [2.45, 2.75) is 19.8 Å². The number of methoxy groups -OCH3 is 1. The Balaban J connectivity index is 2.43. The summed E-state index contributed by atoms with van der Waals surface area (Å²) in [6.07, 6.45) is 0.866. The van der Waals surface area contributed by atoms with Crippen LogP contribution in [-0.4, -0.2) is 7.11 Å². The molecule has 1 aliphatic rings. The predicted molar refractivity (Wildman–Crippen MR) is 63.6 cm³/mol. The largest absolute Gasteiger partial charge is 0.498 e. The highest BCUT2D eigenvalue weighted by Crippen LogP contribution is 2.37. The lowest BCUT2D eigenvalue weighted by Crippen LogP contribution is -2.02. The van der Waals surface area contributed by atoms with Crippen LogP contribution in [0.5, 0.6) is 0 Å². The number of hydrogen-bond donors (Lipinski definition) is 0. The summed E-state index contributed by atoms with van der Waals surface area (Å²) in [4.78, 5) is 0. The van der Waals surface area contributed by atoms with E-state index in [1.165, 1.54) is 7.11 Å². The van der Waals surface area contributed by atoms with Gasteiger partial charge in [0.15, 0.2) is 11.7 Å². The second kappa shape index (κ2) is 4.70. The minimum absolute atomic E-state index is 0.0957. The third-order valence-electron chi connectivity index (χ3n) is 2.95. The van der Waals surface area contributed by atoms with Crippen molar-refractivity contribution >= 4 is 5.57 Å². The van der Waals surface area contributed by atoms with E-state index < -0.39 is 11.7 Å². The monoisotopic (exact) mass is 236 g/mol. The maximum Gasteiger partial charge on any atom is 0.196 e. The van der Waals surface area contributed by atoms with Crippen LogP contribution in [0.15, 0.2) is 41.7 Å². The third-order valence-corrected chi connectivity index (χ3v) is 2.95. The molecule has 1 aliphatic carbocycles. The van der Waals surface area contributed by atoms with Crippen molar-refractivity contribution in [1.29, 1.82) is 0 Å². The van der Waals surface area contributed by atoms with E-state index in [1.807, 2.05) is 31.2 Å². The topological polar surface area (TPSA) is 9.23 Å². The van der Waals surface area contributed by atoms with E-state index >= 15 is 0 Å². The van der Waals surface area contributed by atoms with Crippen LogP contribution in [0.4, 0.5) is 8.78 Å².